The molecule has 0 unspecified atom stereocenters. The average Bonchev–Trinajstić information content (AvgIpc) is 2.92. The minimum absolute atomic E-state index is 0.0764. The van der Waals surface area contributed by atoms with Crippen molar-refractivity contribution in [3.63, 3.8) is 0 Å². The van der Waals surface area contributed by atoms with Gasteiger partial charge >= 0.3 is 5.97 Å². The lowest BCUT2D eigenvalue weighted by Crippen LogP contribution is -2.27. The van der Waals surface area contributed by atoms with Gasteiger partial charge in [-0.25, -0.2) is 9.78 Å². The minimum Gasteiger partial charge on any atom is -0.482 e. The van der Waals surface area contributed by atoms with Crippen molar-refractivity contribution in [1.82, 2.24) is 9.88 Å². The summed E-state index contributed by atoms with van der Waals surface area (Å²) in [6, 6.07) is 7.31. The lowest BCUT2D eigenvalue weighted by Gasteiger charge is -2.19. The number of hydrogen-bond donors (Lipinski definition) is 4. The molecule has 0 bridgehead atoms. The summed E-state index contributed by atoms with van der Waals surface area (Å²) in [5.41, 5.74) is 1.08. The van der Waals surface area contributed by atoms with Gasteiger partial charge in [0, 0.05) is 25.4 Å². The van der Waals surface area contributed by atoms with E-state index in [1.807, 2.05) is 31.0 Å². The number of unbranched alkanes of at least 4 members (excludes halogenated alkanes) is 1. The number of anilines is 2. The first-order chi connectivity index (χ1) is 19.0. The first kappa shape index (κ1) is 33.6. The molecule has 0 aliphatic rings. The number of pyridine rings is 1. The van der Waals surface area contributed by atoms with Crippen LogP contribution in [-0.2, 0) is 9.59 Å². The lowest BCUT2D eigenvalue weighted by atomic mass is 10.1. The van der Waals surface area contributed by atoms with E-state index in [-0.39, 0.29) is 22.8 Å². The zero-order valence-electron chi connectivity index (χ0n) is 23.2. The van der Waals surface area contributed by atoms with Gasteiger partial charge in [0.05, 0.1) is 16.3 Å². The number of amides is 2. The Morgan fingerprint density at radius 1 is 1.15 bits per heavy atom. The van der Waals surface area contributed by atoms with Crippen LogP contribution < -0.4 is 15.4 Å². The van der Waals surface area contributed by atoms with Gasteiger partial charge in [-0.3, -0.25) is 15.0 Å². The van der Waals surface area contributed by atoms with E-state index in [1.54, 1.807) is 19.1 Å². The number of likely N-dealkylation sites (N-methyl/N-ethyl adjacent to an activating group) is 1. The zero-order valence-corrected chi connectivity index (χ0v) is 23.9. The quantitative estimate of drug-likeness (QED) is 0.109. The summed E-state index contributed by atoms with van der Waals surface area (Å²) in [5, 5.41) is 22.0. The lowest BCUT2D eigenvalue weighted by molar-refractivity contribution is -0.139. The Morgan fingerprint density at radius 3 is 2.42 bits per heavy atom. The normalized spacial score (nSPS) is 10.4. The largest absolute Gasteiger partial charge is 0.482 e. The number of halogens is 1. The van der Waals surface area contributed by atoms with E-state index in [2.05, 4.69) is 29.1 Å². The minimum atomic E-state index is -1.16. The van der Waals surface area contributed by atoms with Gasteiger partial charge in [0.1, 0.15) is 17.4 Å². The molecule has 1 heterocycles. The molecule has 1 aromatic heterocycles. The third-order valence-electron chi connectivity index (χ3n) is 5.04. The number of carboxylic acid groups (broad SMARTS) is 1. The molecule has 11 heteroatoms. The SMILES string of the molecule is C/C=C/C(=O)Nc1ccc(OCC(=O)O)cc1C(=O)Nc1ccc(Cl)cn1.C=C(/C=C\C)C(=N)N(C)CCCC. The Morgan fingerprint density at radius 2 is 1.85 bits per heavy atom. The van der Waals surface area contributed by atoms with E-state index in [9.17, 15) is 14.4 Å². The molecule has 40 heavy (non-hydrogen) atoms. The van der Waals surface area contributed by atoms with E-state index >= 15 is 0 Å². The topological polar surface area (TPSA) is 145 Å². The number of rotatable bonds is 12. The summed E-state index contributed by atoms with van der Waals surface area (Å²) in [4.78, 5) is 41.0. The van der Waals surface area contributed by atoms with E-state index in [0.29, 0.717) is 10.9 Å². The van der Waals surface area contributed by atoms with Crippen LogP contribution in [0.5, 0.6) is 5.75 Å². The highest BCUT2D eigenvalue weighted by Gasteiger charge is 2.16. The molecule has 0 saturated carbocycles. The Kier molecular flexibility index (Phi) is 15.1. The highest BCUT2D eigenvalue weighted by atomic mass is 35.5. The molecule has 1 aromatic carbocycles. The molecule has 2 aromatic rings. The van der Waals surface area contributed by atoms with E-state index in [0.717, 1.165) is 25.0 Å². The fourth-order valence-electron chi connectivity index (χ4n) is 3.05. The molecular weight excluding hydrogens is 534 g/mol. The number of aromatic nitrogens is 1. The number of aliphatic carboxylic acids is 1. The molecule has 0 atom stereocenters. The van der Waals surface area contributed by atoms with Crippen LogP contribution >= 0.6 is 11.6 Å². The number of ether oxygens (including phenoxy) is 1. The van der Waals surface area contributed by atoms with Gasteiger partial charge in [-0.15, -0.1) is 0 Å². The molecule has 4 N–H and O–H groups in total. The Bertz CT molecular complexity index is 1240. The first-order valence-corrected chi connectivity index (χ1v) is 12.9. The van der Waals surface area contributed by atoms with Gasteiger partial charge in [0.25, 0.3) is 5.91 Å². The van der Waals surface area contributed by atoms with Crippen LogP contribution in [0.15, 0.2) is 73.0 Å². The monoisotopic (exact) mass is 569 g/mol. The highest BCUT2D eigenvalue weighted by molar-refractivity contribution is 6.30. The second kappa shape index (κ2) is 18.0. The third kappa shape index (κ3) is 12.4. The van der Waals surface area contributed by atoms with Crippen molar-refractivity contribution in [1.29, 1.82) is 5.41 Å². The number of carbonyl (C=O) groups excluding carboxylic acids is 2. The van der Waals surface area contributed by atoms with Gasteiger partial charge in [-0.1, -0.05) is 49.8 Å². The van der Waals surface area contributed by atoms with Crippen LogP contribution in [0, 0.1) is 5.41 Å². The molecule has 2 rings (SSSR count). The van der Waals surface area contributed by atoms with Crippen LogP contribution in [0.4, 0.5) is 11.5 Å². The molecule has 0 spiro atoms. The molecule has 0 saturated heterocycles. The Labute approximate surface area is 239 Å². The van der Waals surface area contributed by atoms with Crippen molar-refractivity contribution in [3.05, 3.63) is 83.6 Å². The summed E-state index contributed by atoms with van der Waals surface area (Å²) < 4.78 is 5.09. The van der Waals surface area contributed by atoms with E-state index < -0.39 is 24.4 Å². The summed E-state index contributed by atoms with van der Waals surface area (Å²) >= 11 is 5.76. The highest BCUT2D eigenvalue weighted by Crippen LogP contribution is 2.24. The molecule has 2 amide bonds. The number of nitrogens with zero attached hydrogens (tertiary/aromatic N) is 2. The van der Waals surface area contributed by atoms with Gasteiger partial charge in [0.2, 0.25) is 5.91 Å². The number of hydrogen-bond acceptors (Lipinski definition) is 6. The Balaban J connectivity index is 0.000000520. The molecule has 0 radical (unpaired) electrons. The van der Waals surface area contributed by atoms with Crippen LogP contribution in [0.25, 0.3) is 0 Å². The van der Waals surface area contributed by atoms with Gasteiger partial charge in [-0.05, 0) is 56.7 Å². The first-order valence-electron chi connectivity index (χ1n) is 12.5. The molecule has 214 valence electrons. The third-order valence-corrected chi connectivity index (χ3v) is 5.27. The summed E-state index contributed by atoms with van der Waals surface area (Å²) in [6.07, 6.45) is 10.3. The van der Waals surface area contributed by atoms with Crippen molar-refractivity contribution >= 4 is 46.7 Å². The number of allylic oxidation sites excluding steroid dienone is 2. The van der Waals surface area contributed by atoms with Gasteiger partial charge in [0.15, 0.2) is 6.61 Å². The van der Waals surface area contributed by atoms with E-state index in [4.69, 9.17) is 26.9 Å². The van der Waals surface area contributed by atoms with Crippen LogP contribution in [0.2, 0.25) is 5.02 Å². The van der Waals surface area contributed by atoms with Crippen molar-refractivity contribution in [3.8, 4) is 5.75 Å². The van der Waals surface area contributed by atoms with Gasteiger partial charge < -0.3 is 25.4 Å². The predicted octanol–water partition coefficient (Wildman–Crippen LogP) is 5.79. The fraction of sp³-hybridized carbons (Fsp3) is 0.276. The molecule has 10 nitrogen and oxygen atoms in total. The molecule has 0 aliphatic carbocycles. The number of amidine groups is 1. The maximum absolute atomic E-state index is 12.6. The zero-order chi connectivity index (χ0) is 30.1. The summed E-state index contributed by atoms with van der Waals surface area (Å²) in [5.74, 6) is -1.21. The standard InChI is InChI=1S/C18H16ClN3O5.C11H20N2/c1-2-3-16(23)21-14-6-5-12(27-10-17(24)25)8-13(14)18(26)22-15-7-4-11(19)9-20-15;1-5-7-9-13(4)11(12)10(3)8-6-2/h2-9H,10H2,1H3,(H,21,23)(H,24,25)(H,20,22,26);6,8,12H,3,5,7,9H2,1-2,4H3/b3-2+;8-6-,12-11?. The molecule has 0 fully saturated rings. The second-order valence-corrected chi connectivity index (χ2v) is 8.78. The molecular formula is C29H36ClN5O5. The predicted molar refractivity (Wildman–Crippen MR) is 159 cm³/mol. The summed E-state index contributed by atoms with van der Waals surface area (Å²) in [6.45, 7) is 9.96. The van der Waals surface area contributed by atoms with Crippen LogP contribution in [0.1, 0.15) is 44.0 Å². The number of carbonyl (C=O) groups is 3. The van der Waals surface area contributed by atoms with Crippen LogP contribution in [-0.4, -0.2) is 58.8 Å². The smallest absolute Gasteiger partial charge is 0.341 e. The van der Waals surface area contributed by atoms with Crippen molar-refractivity contribution in [2.24, 2.45) is 0 Å². The fourth-order valence-corrected chi connectivity index (χ4v) is 3.16. The maximum Gasteiger partial charge on any atom is 0.341 e. The number of nitrogens with one attached hydrogen (secondary N) is 3. The number of carboxylic acids is 1. The van der Waals surface area contributed by atoms with Crippen molar-refractivity contribution in [2.45, 2.75) is 33.6 Å². The van der Waals surface area contributed by atoms with Crippen LogP contribution in [0.3, 0.4) is 0 Å². The maximum atomic E-state index is 12.6. The number of benzene rings is 1. The second-order valence-electron chi connectivity index (χ2n) is 8.34. The Hall–Kier alpha value is -4.44. The van der Waals surface area contributed by atoms with Crippen molar-refractivity contribution in [2.75, 3.05) is 30.8 Å². The van der Waals surface area contributed by atoms with Gasteiger partial charge in [-0.2, -0.15) is 0 Å². The molecule has 0 aliphatic heterocycles. The van der Waals surface area contributed by atoms with Crippen molar-refractivity contribution < 1.29 is 24.2 Å². The van der Waals surface area contributed by atoms with E-state index in [1.165, 1.54) is 36.5 Å². The summed E-state index contributed by atoms with van der Waals surface area (Å²) in [7, 11) is 1.94. The average molecular weight is 570 g/mol.